The number of halogens is 4. The van der Waals surface area contributed by atoms with Crippen LogP contribution in [0.3, 0.4) is 0 Å². The maximum Gasteiger partial charge on any atom is 0.418 e. The van der Waals surface area contributed by atoms with Crippen LogP contribution in [0.4, 0.5) is 23.2 Å². The highest BCUT2D eigenvalue weighted by atomic mass is 19.4. The molecule has 2 N–H and O–H groups in total. The molecular weight excluding hydrogens is 318 g/mol. The van der Waals surface area contributed by atoms with Gasteiger partial charge in [0.1, 0.15) is 11.9 Å². The zero-order valence-electron chi connectivity index (χ0n) is 11.6. The summed E-state index contributed by atoms with van der Waals surface area (Å²) in [6, 6.07) is 3.59. The van der Waals surface area contributed by atoms with Gasteiger partial charge in [-0.1, -0.05) is 0 Å². The first-order chi connectivity index (χ1) is 10.7. The van der Waals surface area contributed by atoms with Crippen LogP contribution in [-0.4, -0.2) is 17.6 Å². The molecule has 0 fully saturated rings. The van der Waals surface area contributed by atoms with Crippen LogP contribution in [0.25, 0.3) is 5.69 Å². The molecule has 23 heavy (non-hydrogen) atoms. The van der Waals surface area contributed by atoms with E-state index in [1.54, 1.807) is 6.07 Å². The van der Waals surface area contributed by atoms with Crippen LogP contribution in [0.1, 0.15) is 21.6 Å². The first-order valence-corrected chi connectivity index (χ1v) is 6.07. The molecule has 1 aromatic carbocycles. The molecule has 2 aromatic rings. The molecular formula is C14H9F4N3O2. The van der Waals surface area contributed by atoms with Crippen LogP contribution in [0, 0.1) is 17.1 Å². The second-order valence-electron chi connectivity index (χ2n) is 4.44. The number of ether oxygens (including phenoxy) is 1. The summed E-state index contributed by atoms with van der Waals surface area (Å²) in [7, 11) is 1.01. The minimum atomic E-state index is -4.88. The summed E-state index contributed by atoms with van der Waals surface area (Å²) in [5.41, 5.74) is 2.78. The van der Waals surface area contributed by atoms with E-state index in [2.05, 4.69) is 4.74 Å². The first kappa shape index (κ1) is 16.4. The van der Waals surface area contributed by atoms with E-state index in [0.717, 1.165) is 30.0 Å². The molecule has 120 valence electrons. The Labute approximate surface area is 127 Å². The van der Waals surface area contributed by atoms with Crippen LogP contribution in [0.5, 0.6) is 0 Å². The number of esters is 1. The summed E-state index contributed by atoms with van der Waals surface area (Å²) in [6.07, 6.45) is -3.92. The molecule has 0 saturated carbocycles. The Morgan fingerprint density at radius 1 is 1.39 bits per heavy atom. The lowest BCUT2D eigenvalue weighted by Gasteiger charge is -2.15. The molecule has 0 bridgehead atoms. The summed E-state index contributed by atoms with van der Waals surface area (Å²) >= 11 is 0. The average Bonchev–Trinajstić information content (AvgIpc) is 2.82. The molecule has 5 nitrogen and oxygen atoms in total. The van der Waals surface area contributed by atoms with E-state index in [1.807, 2.05) is 0 Å². The van der Waals surface area contributed by atoms with Gasteiger partial charge in [-0.2, -0.15) is 18.4 Å². The van der Waals surface area contributed by atoms with Gasteiger partial charge in [-0.3, -0.25) is 0 Å². The third-order valence-corrected chi connectivity index (χ3v) is 3.07. The quantitative estimate of drug-likeness (QED) is 0.679. The van der Waals surface area contributed by atoms with E-state index in [1.165, 1.54) is 0 Å². The number of aromatic nitrogens is 1. The summed E-state index contributed by atoms with van der Waals surface area (Å²) in [6.45, 7) is 0. The summed E-state index contributed by atoms with van der Waals surface area (Å²) < 4.78 is 57.8. The van der Waals surface area contributed by atoms with E-state index >= 15 is 0 Å². The molecule has 0 aliphatic carbocycles. The van der Waals surface area contributed by atoms with E-state index in [0.29, 0.717) is 6.07 Å². The third-order valence-electron chi connectivity index (χ3n) is 3.07. The maximum atomic E-state index is 13.2. The highest BCUT2D eigenvalue weighted by Gasteiger charge is 2.36. The predicted molar refractivity (Wildman–Crippen MR) is 71.2 cm³/mol. The number of hydrogen-bond acceptors (Lipinski definition) is 4. The van der Waals surface area contributed by atoms with Gasteiger partial charge in [0, 0.05) is 6.20 Å². The predicted octanol–water partition coefficient (Wildman–Crippen LogP) is 2.88. The van der Waals surface area contributed by atoms with Gasteiger partial charge in [0.25, 0.3) is 0 Å². The number of methoxy groups -OCH3 is 1. The van der Waals surface area contributed by atoms with Crippen LogP contribution in [-0.2, 0) is 10.9 Å². The molecule has 0 saturated heterocycles. The number of nitrogens with zero attached hydrogens (tertiary/aromatic N) is 2. The van der Waals surface area contributed by atoms with E-state index in [-0.39, 0.29) is 11.3 Å². The number of nitriles is 1. The molecule has 0 aliphatic heterocycles. The lowest BCUT2D eigenvalue weighted by atomic mass is 10.1. The monoisotopic (exact) mass is 327 g/mol. The van der Waals surface area contributed by atoms with Crippen LogP contribution < -0.4 is 5.73 Å². The largest absolute Gasteiger partial charge is 0.464 e. The zero-order chi connectivity index (χ0) is 17.4. The molecule has 2 rings (SSSR count). The van der Waals surface area contributed by atoms with Gasteiger partial charge in [0.05, 0.1) is 29.6 Å². The van der Waals surface area contributed by atoms with E-state index in [4.69, 9.17) is 11.0 Å². The van der Waals surface area contributed by atoms with Crippen molar-refractivity contribution in [1.29, 1.82) is 5.26 Å². The van der Waals surface area contributed by atoms with Crippen molar-refractivity contribution >= 4 is 11.7 Å². The van der Waals surface area contributed by atoms with Crippen molar-refractivity contribution in [2.24, 2.45) is 0 Å². The minimum absolute atomic E-state index is 0.206. The smallest absolute Gasteiger partial charge is 0.418 e. The molecule has 0 spiro atoms. The van der Waals surface area contributed by atoms with Gasteiger partial charge in [-0.05, 0) is 18.2 Å². The van der Waals surface area contributed by atoms with Crippen molar-refractivity contribution in [2.45, 2.75) is 6.18 Å². The van der Waals surface area contributed by atoms with Crippen molar-refractivity contribution < 1.29 is 27.1 Å². The molecule has 0 atom stereocenters. The Morgan fingerprint density at radius 2 is 2.04 bits per heavy atom. The molecule has 9 heteroatoms. The minimum Gasteiger partial charge on any atom is -0.464 e. The van der Waals surface area contributed by atoms with Crippen molar-refractivity contribution in [3.05, 3.63) is 47.0 Å². The van der Waals surface area contributed by atoms with Gasteiger partial charge in [-0.25, -0.2) is 9.18 Å². The van der Waals surface area contributed by atoms with Gasteiger partial charge < -0.3 is 15.0 Å². The highest BCUT2D eigenvalue weighted by Crippen LogP contribution is 2.36. The fraction of sp³-hybridized carbons (Fsp3) is 0.143. The topological polar surface area (TPSA) is 81.0 Å². The highest BCUT2D eigenvalue weighted by molar-refractivity contribution is 5.96. The normalized spacial score (nSPS) is 11.1. The number of anilines is 1. The van der Waals surface area contributed by atoms with Crippen molar-refractivity contribution in [3.63, 3.8) is 0 Å². The lowest BCUT2D eigenvalue weighted by molar-refractivity contribution is -0.137. The fourth-order valence-electron chi connectivity index (χ4n) is 2.05. The molecule has 0 radical (unpaired) electrons. The standard InChI is InChI=1S/C14H9F4N3O2/c1-23-13(22)12-11(20)7(5-19)6-21(12)10-3-2-8(15)4-9(10)14(16,17)18/h2-4,6H,20H2,1H3. The molecule has 0 aliphatic rings. The fourth-order valence-corrected chi connectivity index (χ4v) is 2.05. The van der Waals surface area contributed by atoms with E-state index < -0.39 is 34.9 Å². The maximum absolute atomic E-state index is 13.2. The average molecular weight is 327 g/mol. The third kappa shape index (κ3) is 2.83. The molecule has 1 heterocycles. The summed E-state index contributed by atoms with van der Waals surface area (Å²) in [4.78, 5) is 11.8. The lowest BCUT2D eigenvalue weighted by Crippen LogP contribution is -2.16. The molecule has 0 amide bonds. The first-order valence-electron chi connectivity index (χ1n) is 6.07. The Bertz CT molecular complexity index is 819. The van der Waals surface area contributed by atoms with Gasteiger partial charge in [-0.15, -0.1) is 0 Å². The molecule has 0 unspecified atom stereocenters. The Kier molecular flexibility index (Phi) is 4.01. The Hall–Kier alpha value is -3.02. The summed E-state index contributed by atoms with van der Waals surface area (Å²) in [5.74, 6) is -2.12. The van der Waals surface area contributed by atoms with Gasteiger partial charge >= 0.3 is 12.1 Å². The van der Waals surface area contributed by atoms with Crippen LogP contribution in [0.15, 0.2) is 24.4 Å². The van der Waals surface area contributed by atoms with Crippen molar-refractivity contribution in [3.8, 4) is 11.8 Å². The zero-order valence-corrected chi connectivity index (χ0v) is 11.6. The van der Waals surface area contributed by atoms with Gasteiger partial charge in [0.15, 0.2) is 5.69 Å². The van der Waals surface area contributed by atoms with Crippen LogP contribution >= 0.6 is 0 Å². The Morgan fingerprint density at radius 3 is 2.57 bits per heavy atom. The summed E-state index contributed by atoms with van der Waals surface area (Å²) in [5, 5.41) is 8.95. The number of nitrogens with two attached hydrogens (primary N) is 1. The second-order valence-corrected chi connectivity index (χ2v) is 4.44. The van der Waals surface area contributed by atoms with E-state index in [9.17, 15) is 22.4 Å². The molecule has 1 aromatic heterocycles. The second kappa shape index (κ2) is 5.64. The number of carbonyl (C=O) groups excluding carboxylic acids is 1. The van der Waals surface area contributed by atoms with Crippen molar-refractivity contribution in [2.75, 3.05) is 12.8 Å². The SMILES string of the molecule is COC(=O)c1c(N)c(C#N)cn1-c1ccc(F)cc1C(F)(F)F. The Balaban J connectivity index is 2.83. The number of alkyl halides is 3. The number of rotatable bonds is 2. The number of carbonyl (C=O) groups is 1. The van der Waals surface area contributed by atoms with Crippen molar-refractivity contribution in [1.82, 2.24) is 4.57 Å². The van der Waals surface area contributed by atoms with Crippen LogP contribution in [0.2, 0.25) is 0 Å². The number of hydrogen-bond donors (Lipinski definition) is 1. The van der Waals surface area contributed by atoms with Gasteiger partial charge in [0.2, 0.25) is 0 Å². The number of nitrogen functional groups attached to an aromatic ring is 1. The number of benzene rings is 1.